The van der Waals surface area contributed by atoms with E-state index in [4.69, 9.17) is 9.63 Å². The van der Waals surface area contributed by atoms with Gasteiger partial charge in [-0.25, -0.2) is 0 Å². The number of thioether (sulfide) groups is 1. The molecule has 0 saturated heterocycles. The van der Waals surface area contributed by atoms with Crippen LogP contribution in [-0.2, 0) is 10.5 Å². The summed E-state index contributed by atoms with van der Waals surface area (Å²) in [4.78, 5) is 14.9. The minimum Gasteiger partial charge on any atom is -0.481 e. The van der Waals surface area contributed by atoms with Crippen LogP contribution in [0.3, 0.4) is 0 Å². The summed E-state index contributed by atoms with van der Waals surface area (Å²) in [7, 11) is 0. The number of aromatic nitrogens is 2. The van der Waals surface area contributed by atoms with Crippen molar-refractivity contribution in [2.24, 2.45) is 11.3 Å². The van der Waals surface area contributed by atoms with Gasteiger partial charge in [0.1, 0.15) is 0 Å². The zero-order valence-electron chi connectivity index (χ0n) is 13.0. The molecule has 1 fully saturated rings. The highest BCUT2D eigenvalue weighted by Crippen LogP contribution is 2.42. The van der Waals surface area contributed by atoms with E-state index in [-0.39, 0.29) is 5.75 Å². The van der Waals surface area contributed by atoms with E-state index in [0.29, 0.717) is 23.0 Å². The van der Waals surface area contributed by atoms with Gasteiger partial charge in [-0.1, -0.05) is 25.9 Å². The Morgan fingerprint density at radius 3 is 2.57 bits per heavy atom. The van der Waals surface area contributed by atoms with Crippen molar-refractivity contribution < 1.29 is 14.4 Å². The largest absolute Gasteiger partial charge is 0.481 e. The van der Waals surface area contributed by atoms with Gasteiger partial charge in [-0.3, -0.25) is 4.79 Å². The van der Waals surface area contributed by atoms with E-state index in [1.165, 1.54) is 24.6 Å². The van der Waals surface area contributed by atoms with E-state index in [9.17, 15) is 4.79 Å². The Morgan fingerprint density at radius 2 is 2.00 bits per heavy atom. The molecule has 1 aliphatic rings. The van der Waals surface area contributed by atoms with E-state index in [1.54, 1.807) is 0 Å². The van der Waals surface area contributed by atoms with Crippen molar-refractivity contribution in [1.29, 1.82) is 0 Å². The molecule has 1 heterocycles. The van der Waals surface area contributed by atoms with Gasteiger partial charge in [-0.2, -0.15) is 4.98 Å². The third kappa shape index (κ3) is 4.73. The number of carboxylic acids is 1. The molecule has 0 spiro atoms. The first kappa shape index (κ1) is 16.3. The number of nitrogens with zero attached hydrogens (tertiary/aromatic N) is 2. The third-order valence-electron chi connectivity index (χ3n) is 4.25. The van der Waals surface area contributed by atoms with Crippen LogP contribution in [0.4, 0.5) is 0 Å². The Balaban J connectivity index is 1.84. The standard InChI is InChI=1S/C15H24N2O3S/c1-15(2,3)11-6-4-10(5-7-11)14-16-12(20-17-14)8-21-9-13(18)19/h10-11H,4-9H2,1-3H3,(H,18,19). The summed E-state index contributed by atoms with van der Waals surface area (Å²) in [5.41, 5.74) is 0.376. The monoisotopic (exact) mass is 312 g/mol. The predicted octanol–water partition coefficient (Wildman–Crippen LogP) is 3.71. The van der Waals surface area contributed by atoms with Gasteiger partial charge >= 0.3 is 5.97 Å². The van der Waals surface area contributed by atoms with Gasteiger partial charge in [-0.05, 0) is 37.0 Å². The summed E-state index contributed by atoms with van der Waals surface area (Å²) < 4.78 is 5.22. The molecule has 21 heavy (non-hydrogen) atoms. The van der Waals surface area contributed by atoms with E-state index >= 15 is 0 Å². The van der Waals surface area contributed by atoms with Crippen LogP contribution < -0.4 is 0 Å². The predicted molar refractivity (Wildman–Crippen MR) is 82.2 cm³/mol. The first-order valence-electron chi connectivity index (χ1n) is 7.48. The lowest BCUT2D eigenvalue weighted by atomic mass is 9.70. The first-order chi connectivity index (χ1) is 9.86. The summed E-state index contributed by atoms with van der Waals surface area (Å²) in [5.74, 6) is 2.21. The lowest BCUT2D eigenvalue weighted by Gasteiger charge is -2.36. The van der Waals surface area contributed by atoms with E-state index in [0.717, 1.165) is 24.6 Å². The molecule has 0 radical (unpaired) electrons. The molecule has 1 aliphatic carbocycles. The SMILES string of the molecule is CC(C)(C)C1CCC(c2noc(CSCC(=O)O)n2)CC1. The Hall–Kier alpha value is -1.04. The number of aliphatic carboxylic acids is 1. The van der Waals surface area contributed by atoms with Crippen molar-refractivity contribution in [3.05, 3.63) is 11.7 Å². The average Bonchev–Trinajstić information content (AvgIpc) is 2.86. The highest BCUT2D eigenvalue weighted by molar-refractivity contribution is 7.99. The van der Waals surface area contributed by atoms with Crippen molar-refractivity contribution in [2.45, 2.75) is 58.1 Å². The van der Waals surface area contributed by atoms with Crippen molar-refractivity contribution in [3.63, 3.8) is 0 Å². The molecule has 0 aliphatic heterocycles. The highest BCUT2D eigenvalue weighted by Gasteiger charge is 2.31. The number of carboxylic acid groups (broad SMARTS) is 1. The van der Waals surface area contributed by atoms with E-state index in [1.807, 2.05) is 0 Å². The van der Waals surface area contributed by atoms with Gasteiger partial charge in [0.25, 0.3) is 0 Å². The van der Waals surface area contributed by atoms with Gasteiger partial charge in [0.15, 0.2) is 5.82 Å². The van der Waals surface area contributed by atoms with Crippen LogP contribution in [0.2, 0.25) is 0 Å². The van der Waals surface area contributed by atoms with Crippen LogP contribution in [0.25, 0.3) is 0 Å². The zero-order valence-corrected chi connectivity index (χ0v) is 13.8. The third-order valence-corrected chi connectivity index (χ3v) is 5.15. The molecule has 1 saturated carbocycles. The number of carbonyl (C=O) groups is 1. The minimum absolute atomic E-state index is 0.0639. The Kier molecular flexibility index (Phi) is 5.30. The van der Waals surface area contributed by atoms with Crippen LogP contribution >= 0.6 is 11.8 Å². The molecule has 0 unspecified atom stereocenters. The molecule has 1 aromatic heterocycles. The second-order valence-corrected chi connectivity index (χ2v) is 7.83. The molecule has 0 atom stereocenters. The molecule has 0 bridgehead atoms. The van der Waals surface area contributed by atoms with E-state index in [2.05, 4.69) is 30.9 Å². The number of hydrogen-bond acceptors (Lipinski definition) is 5. The number of hydrogen-bond donors (Lipinski definition) is 1. The molecule has 2 rings (SSSR count). The van der Waals surface area contributed by atoms with Crippen LogP contribution in [0.5, 0.6) is 0 Å². The topological polar surface area (TPSA) is 76.2 Å². The lowest BCUT2D eigenvalue weighted by Crippen LogP contribution is -2.25. The normalized spacial score (nSPS) is 23.2. The second kappa shape index (κ2) is 6.81. The van der Waals surface area contributed by atoms with Gasteiger partial charge in [-0.15, -0.1) is 11.8 Å². The highest BCUT2D eigenvalue weighted by atomic mass is 32.2. The van der Waals surface area contributed by atoms with Crippen molar-refractivity contribution in [3.8, 4) is 0 Å². The molecule has 1 N–H and O–H groups in total. The summed E-state index contributed by atoms with van der Waals surface area (Å²) >= 11 is 1.28. The van der Waals surface area contributed by atoms with Crippen molar-refractivity contribution >= 4 is 17.7 Å². The van der Waals surface area contributed by atoms with Crippen LogP contribution in [0.1, 0.15) is 64.1 Å². The first-order valence-corrected chi connectivity index (χ1v) is 8.63. The van der Waals surface area contributed by atoms with Gasteiger partial charge in [0.05, 0.1) is 11.5 Å². The fourth-order valence-corrected chi connectivity index (χ4v) is 3.50. The van der Waals surface area contributed by atoms with Gasteiger partial charge < -0.3 is 9.63 Å². The Morgan fingerprint density at radius 1 is 1.33 bits per heavy atom. The summed E-state index contributed by atoms with van der Waals surface area (Å²) in [5, 5.41) is 12.7. The van der Waals surface area contributed by atoms with E-state index < -0.39 is 5.97 Å². The Bertz CT molecular complexity index is 474. The smallest absolute Gasteiger partial charge is 0.313 e. The summed E-state index contributed by atoms with van der Waals surface area (Å²) in [6.07, 6.45) is 4.66. The lowest BCUT2D eigenvalue weighted by molar-refractivity contribution is -0.133. The van der Waals surface area contributed by atoms with Crippen LogP contribution in [-0.4, -0.2) is 27.0 Å². The molecule has 5 nitrogen and oxygen atoms in total. The van der Waals surface area contributed by atoms with Crippen LogP contribution in [0.15, 0.2) is 4.52 Å². The molecule has 0 aromatic carbocycles. The molecule has 6 heteroatoms. The van der Waals surface area contributed by atoms with Crippen molar-refractivity contribution in [2.75, 3.05) is 5.75 Å². The second-order valence-electron chi connectivity index (χ2n) is 6.85. The molecular weight excluding hydrogens is 288 g/mol. The maximum absolute atomic E-state index is 10.5. The zero-order chi connectivity index (χ0) is 15.5. The average molecular weight is 312 g/mol. The molecule has 1 aromatic rings. The maximum atomic E-state index is 10.5. The Labute approximate surface area is 129 Å². The quantitative estimate of drug-likeness (QED) is 0.893. The fraction of sp³-hybridized carbons (Fsp3) is 0.800. The summed E-state index contributed by atoms with van der Waals surface area (Å²) in [6.45, 7) is 6.93. The molecule has 0 amide bonds. The van der Waals surface area contributed by atoms with Gasteiger partial charge in [0, 0.05) is 5.92 Å². The molecular formula is C15H24N2O3S. The molecule has 118 valence electrons. The van der Waals surface area contributed by atoms with Crippen molar-refractivity contribution in [1.82, 2.24) is 10.1 Å². The number of rotatable bonds is 5. The fourth-order valence-electron chi connectivity index (χ4n) is 2.94. The van der Waals surface area contributed by atoms with Gasteiger partial charge in [0.2, 0.25) is 5.89 Å². The van der Waals surface area contributed by atoms with Crippen LogP contribution in [0, 0.1) is 11.3 Å². The maximum Gasteiger partial charge on any atom is 0.313 e. The minimum atomic E-state index is -0.819. The summed E-state index contributed by atoms with van der Waals surface area (Å²) in [6, 6.07) is 0.